The predicted octanol–water partition coefficient (Wildman–Crippen LogP) is 4.91. The number of amides is 1. The average molecular weight is 419 g/mol. The van der Waals surface area contributed by atoms with E-state index in [1.54, 1.807) is 18.0 Å². The van der Waals surface area contributed by atoms with Crippen LogP contribution in [0.3, 0.4) is 0 Å². The monoisotopic (exact) mass is 418 g/mol. The number of benzene rings is 2. The molecule has 0 unspecified atom stereocenters. The molecule has 0 N–H and O–H groups in total. The van der Waals surface area contributed by atoms with Gasteiger partial charge in [-0.05, 0) is 23.8 Å². The van der Waals surface area contributed by atoms with Crippen LogP contribution in [0.15, 0.2) is 58.4 Å². The average Bonchev–Trinajstić information content (AvgIpc) is 3.05. The molecule has 0 saturated carbocycles. The van der Waals surface area contributed by atoms with Crippen molar-refractivity contribution in [3.63, 3.8) is 0 Å². The first-order chi connectivity index (χ1) is 12.0. The number of hydrogen-bond acceptors (Lipinski definition) is 3. The maximum Gasteiger partial charge on any atom is 0.228 e. The van der Waals surface area contributed by atoms with E-state index in [0.29, 0.717) is 12.2 Å². The van der Waals surface area contributed by atoms with Crippen LogP contribution in [0.4, 0.5) is 4.39 Å². The zero-order valence-corrected chi connectivity index (χ0v) is 16.0. The third kappa shape index (κ3) is 4.52. The van der Waals surface area contributed by atoms with Gasteiger partial charge in [-0.25, -0.2) is 9.37 Å². The van der Waals surface area contributed by atoms with Crippen molar-refractivity contribution < 1.29 is 9.18 Å². The van der Waals surface area contributed by atoms with Crippen LogP contribution in [-0.4, -0.2) is 22.8 Å². The fourth-order valence-electron chi connectivity index (χ4n) is 2.40. The minimum atomic E-state index is -0.293. The number of hydrogen-bond donors (Lipinski definition) is 0. The molecule has 0 aliphatic rings. The number of aromatic nitrogens is 1. The summed E-state index contributed by atoms with van der Waals surface area (Å²) in [6.45, 7) is 0.529. The van der Waals surface area contributed by atoms with Gasteiger partial charge in [-0.2, -0.15) is 0 Å². The molecule has 0 fully saturated rings. The summed E-state index contributed by atoms with van der Waals surface area (Å²) in [4.78, 5) is 18.6. The SMILES string of the molecule is CN(Cc1ccccc1Br)C(=O)Cc1csc(-c2cccc(F)c2)n1. The van der Waals surface area contributed by atoms with Crippen LogP contribution < -0.4 is 0 Å². The largest absolute Gasteiger partial charge is 0.341 e. The van der Waals surface area contributed by atoms with Crippen molar-refractivity contribution in [2.75, 3.05) is 7.05 Å². The second kappa shape index (κ2) is 7.89. The fraction of sp³-hybridized carbons (Fsp3) is 0.158. The Labute approximate surface area is 158 Å². The van der Waals surface area contributed by atoms with Gasteiger partial charge in [0, 0.05) is 29.0 Å². The van der Waals surface area contributed by atoms with Crippen LogP contribution in [-0.2, 0) is 17.8 Å². The van der Waals surface area contributed by atoms with Crippen molar-refractivity contribution in [1.82, 2.24) is 9.88 Å². The fourth-order valence-corrected chi connectivity index (χ4v) is 3.63. The molecule has 1 amide bonds. The predicted molar refractivity (Wildman–Crippen MR) is 102 cm³/mol. The molecule has 0 bridgehead atoms. The second-order valence-electron chi connectivity index (χ2n) is 5.67. The summed E-state index contributed by atoms with van der Waals surface area (Å²) in [6, 6.07) is 14.2. The Hall–Kier alpha value is -2.05. The molecule has 0 atom stereocenters. The van der Waals surface area contributed by atoms with E-state index in [1.807, 2.05) is 35.7 Å². The van der Waals surface area contributed by atoms with Gasteiger partial charge in [0.15, 0.2) is 0 Å². The van der Waals surface area contributed by atoms with Gasteiger partial charge in [0.25, 0.3) is 0 Å². The van der Waals surface area contributed by atoms with Crippen LogP contribution in [0.25, 0.3) is 10.6 Å². The van der Waals surface area contributed by atoms with Crippen molar-refractivity contribution >= 4 is 33.2 Å². The Kier molecular flexibility index (Phi) is 5.60. The summed E-state index contributed by atoms with van der Waals surface area (Å²) in [7, 11) is 1.78. The van der Waals surface area contributed by atoms with Crippen molar-refractivity contribution in [2.24, 2.45) is 0 Å². The standard InChI is InChI=1S/C19H16BrFN2OS/c1-23(11-14-5-2-3-8-17(14)20)18(24)10-16-12-25-19(22-16)13-6-4-7-15(21)9-13/h2-9,12H,10-11H2,1H3. The number of nitrogens with zero attached hydrogens (tertiary/aromatic N) is 2. The first-order valence-corrected chi connectivity index (χ1v) is 9.38. The Morgan fingerprint density at radius 1 is 1.24 bits per heavy atom. The number of likely N-dealkylation sites (N-methyl/N-ethyl adjacent to an activating group) is 1. The normalized spacial score (nSPS) is 10.7. The van der Waals surface area contributed by atoms with Gasteiger partial charge in [-0.3, -0.25) is 4.79 Å². The molecule has 0 saturated heterocycles. The number of thiazole rings is 1. The lowest BCUT2D eigenvalue weighted by Gasteiger charge is -2.17. The van der Waals surface area contributed by atoms with Crippen molar-refractivity contribution in [2.45, 2.75) is 13.0 Å². The Balaban J connectivity index is 1.66. The molecule has 3 rings (SSSR count). The lowest BCUT2D eigenvalue weighted by molar-refractivity contribution is -0.129. The van der Waals surface area contributed by atoms with E-state index in [4.69, 9.17) is 0 Å². The van der Waals surface area contributed by atoms with Gasteiger partial charge >= 0.3 is 0 Å². The van der Waals surface area contributed by atoms with E-state index < -0.39 is 0 Å². The van der Waals surface area contributed by atoms with Gasteiger partial charge in [0.2, 0.25) is 5.91 Å². The van der Waals surface area contributed by atoms with E-state index in [2.05, 4.69) is 20.9 Å². The lowest BCUT2D eigenvalue weighted by Crippen LogP contribution is -2.27. The van der Waals surface area contributed by atoms with Gasteiger partial charge in [-0.1, -0.05) is 46.3 Å². The molecule has 6 heteroatoms. The zero-order chi connectivity index (χ0) is 17.8. The third-order valence-corrected chi connectivity index (χ3v) is 5.46. The molecular formula is C19H16BrFN2OS. The van der Waals surface area contributed by atoms with Crippen LogP contribution in [0.1, 0.15) is 11.3 Å². The first-order valence-electron chi connectivity index (χ1n) is 7.70. The molecular weight excluding hydrogens is 403 g/mol. The summed E-state index contributed by atoms with van der Waals surface area (Å²) in [5.74, 6) is -0.301. The number of carbonyl (C=O) groups is 1. The molecule has 1 heterocycles. The highest BCUT2D eigenvalue weighted by molar-refractivity contribution is 9.10. The summed E-state index contributed by atoms with van der Waals surface area (Å²) < 4.78 is 14.3. The van der Waals surface area contributed by atoms with E-state index in [9.17, 15) is 9.18 Å². The van der Waals surface area contributed by atoms with Crippen molar-refractivity contribution in [3.05, 3.63) is 75.5 Å². The van der Waals surface area contributed by atoms with Gasteiger partial charge < -0.3 is 4.90 Å². The van der Waals surface area contributed by atoms with Crippen molar-refractivity contribution in [1.29, 1.82) is 0 Å². The molecule has 0 aliphatic heterocycles. The lowest BCUT2D eigenvalue weighted by atomic mass is 10.2. The smallest absolute Gasteiger partial charge is 0.228 e. The van der Waals surface area contributed by atoms with Gasteiger partial charge in [-0.15, -0.1) is 11.3 Å². The molecule has 3 nitrogen and oxygen atoms in total. The van der Waals surface area contributed by atoms with Crippen LogP contribution >= 0.6 is 27.3 Å². The molecule has 2 aromatic carbocycles. The highest BCUT2D eigenvalue weighted by atomic mass is 79.9. The molecule has 0 radical (unpaired) electrons. The molecule has 128 valence electrons. The number of carbonyl (C=O) groups excluding carboxylic acids is 1. The van der Waals surface area contributed by atoms with Crippen LogP contribution in [0.5, 0.6) is 0 Å². The van der Waals surface area contributed by atoms with E-state index in [-0.39, 0.29) is 18.1 Å². The Morgan fingerprint density at radius 2 is 2.04 bits per heavy atom. The molecule has 25 heavy (non-hydrogen) atoms. The van der Waals surface area contributed by atoms with Gasteiger partial charge in [0.1, 0.15) is 10.8 Å². The molecule has 1 aromatic heterocycles. The highest BCUT2D eigenvalue weighted by Crippen LogP contribution is 2.25. The Morgan fingerprint density at radius 3 is 2.80 bits per heavy atom. The minimum absolute atomic E-state index is 0.00755. The van der Waals surface area contributed by atoms with Crippen LogP contribution in [0, 0.1) is 5.82 Å². The summed E-state index contributed by atoms with van der Waals surface area (Å²) >= 11 is 4.91. The van der Waals surface area contributed by atoms with E-state index >= 15 is 0 Å². The highest BCUT2D eigenvalue weighted by Gasteiger charge is 2.14. The quantitative estimate of drug-likeness (QED) is 0.589. The maximum atomic E-state index is 13.3. The molecule has 0 spiro atoms. The number of rotatable bonds is 5. The third-order valence-electron chi connectivity index (χ3n) is 3.75. The van der Waals surface area contributed by atoms with E-state index in [1.165, 1.54) is 23.5 Å². The second-order valence-corrected chi connectivity index (χ2v) is 7.38. The first kappa shape index (κ1) is 17.8. The topological polar surface area (TPSA) is 33.2 Å². The van der Waals surface area contributed by atoms with E-state index in [0.717, 1.165) is 20.6 Å². The Bertz CT molecular complexity index is 896. The van der Waals surface area contributed by atoms with Crippen LogP contribution in [0.2, 0.25) is 0 Å². The summed E-state index contributed by atoms with van der Waals surface area (Å²) in [6.07, 6.45) is 0.229. The van der Waals surface area contributed by atoms with Crippen molar-refractivity contribution in [3.8, 4) is 10.6 Å². The summed E-state index contributed by atoms with van der Waals surface area (Å²) in [5, 5.41) is 2.57. The van der Waals surface area contributed by atoms with Gasteiger partial charge in [0.05, 0.1) is 12.1 Å². The minimum Gasteiger partial charge on any atom is -0.341 e. The molecule has 0 aliphatic carbocycles. The summed E-state index contributed by atoms with van der Waals surface area (Å²) in [5.41, 5.74) is 2.48. The maximum absolute atomic E-state index is 13.3. The number of halogens is 2. The zero-order valence-electron chi connectivity index (χ0n) is 13.6. The molecule has 3 aromatic rings.